The van der Waals surface area contributed by atoms with Crippen molar-refractivity contribution in [2.45, 2.75) is 79.6 Å². The van der Waals surface area contributed by atoms with E-state index in [-0.39, 0.29) is 23.0 Å². The number of rotatable bonds is 8. The first-order chi connectivity index (χ1) is 27.8. The molecule has 0 fully saturated rings. The number of nitrogens with zero attached hydrogens (tertiary/aromatic N) is 3. The lowest BCUT2D eigenvalue weighted by Gasteiger charge is -2.22. The van der Waals surface area contributed by atoms with Gasteiger partial charge >= 0.3 is 0 Å². The van der Waals surface area contributed by atoms with E-state index in [9.17, 15) is 5.11 Å². The van der Waals surface area contributed by atoms with Crippen molar-refractivity contribution in [3.8, 4) is 67.5 Å². The van der Waals surface area contributed by atoms with Crippen LogP contribution in [0.3, 0.4) is 0 Å². The predicted octanol–water partition coefficient (Wildman–Crippen LogP) is 14.6. The Morgan fingerprint density at radius 1 is 0.569 bits per heavy atom. The van der Waals surface area contributed by atoms with Crippen LogP contribution in [-0.2, 0) is 5.41 Å². The Bertz CT molecular complexity index is 2780. The van der Waals surface area contributed by atoms with Crippen molar-refractivity contribution in [1.29, 1.82) is 0 Å². The van der Waals surface area contributed by atoms with Gasteiger partial charge < -0.3 is 5.11 Å². The highest BCUT2D eigenvalue weighted by Gasteiger charge is 2.26. The molecule has 0 aliphatic carbocycles. The molecule has 0 saturated carbocycles. The summed E-state index contributed by atoms with van der Waals surface area (Å²) in [6, 6.07) is 47.8. The number of hydrogen-bond donors (Lipinski definition) is 1. The number of pyridine rings is 1. The molecule has 0 radical (unpaired) electrons. The lowest BCUT2D eigenvalue weighted by Crippen LogP contribution is -2.11. The van der Waals surface area contributed by atoms with Gasteiger partial charge in [-0.2, -0.15) is 0 Å². The third kappa shape index (κ3) is 7.36. The molecule has 2 aromatic heterocycles. The topological polar surface area (TPSA) is 50.9 Å². The Hall–Kier alpha value is -6.26. The summed E-state index contributed by atoms with van der Waals surface area (Å²) < 4.78 is 2.27. The lowest BCUT2D eigenvalue weighted by atomic mass is 9.83. The van der Waals surface area contributed by atoms with E-state index in [0.29, 0.717) is 5.82 Å². The molecule has 0 atom stereocenters. The number of aryl methyl sites for hydroxylation is 2. The van der Waals surface area contributed by atoms with Crippen LogP contribution in [0.5, 0.6) is 5.75 Å². The van der Waals surface area contributed by atoms with Crippen molar-refractivity contribution >= 4 is 11.0 Å². The first kappa shape index (κ1) is 38.6. The van der Waals surface area contributed by atoms with Crippen LogP contribution in [0.4, 0.5) is 0 Å². The van der Waals surface area contributed by atoms with E-state index in [0.717, 1.165) is 66.9 Å². The van der Waals surface area contributed by atoms with E-state index < -0.39 is 0 Å². The van der Waals surface area contributed by atoms with E-state index in [1.54, 1.807) is 0 Å². The molecule has 0 bridgehead atoms. The van der Waals surface area contributed by atoms with Gasteiger partial charge in [-0.05, 0) is 119 Å². The zero-order chi connectivity index (χ0) is 40.9. The minimum Gasteiger partial charge on any atom is -0.507 e. The van der Waals surface area contributed by atoms with Gasteiger partial charge in [0.1, 0.15) is 11.6 Å². The summed E-state index contributed by atoms with van der Waals surface area (Å²) in [6.45, 7) is 19.7. The molecule has 4 nitrogen and oxygen atoms in total. The maximum atomic E-state index is 12.2. The van der Waals surface area contributed by atoms with E-state index >= 15 is 0 Å². The second-order valence-electron chi connectivity index (χ2n) is 17.5. The van der Waals surface area contributed by atoms with Gasteiger partial charge in [0.25, 0.3) is 0 Å². The largest absolute Gasteiger partial charge is 0.507 e. The fourth-order valence-corrected chi connectivity index (χ4v) is 7.95. The van der Waals surface area contributed by atoms with Crippen LogP contribution < -0.4 is 0 Å². The second-order valence-corrected chi connectivity index (χ2v) is 17.5. The summed E-state index contributed by atoms with van der Waals surface area (Å²) in [5.41, 5.74) is 17.8. The Balaban J connectivity index is 1.42. The summed E-state index contributed by atoms with van der Waals surface area (Å²) in [7, 11) is 0. The van der Waals surface area contributed by atoms with Gasteiger partial charge in [0, 0.05) is 22.9 Å². The molecule has 6 aromatic carbocycles. The quantitative estimate of drug-likeness (QED) is 0.168. The molecule has 8 aromatic rings. The number of para-hydroxylation sites is 1. The van der Waals surface area contributed by atoms with Gasteiger partial charge in [0.2, 0.25) is 0 Å². The Morgan fingerprint density at radius 3 is 2.00 bits per heavy atom. The molecule has 1 N–H and O–H groups in total. The molecule has 0 aliphatic heterocycles. The summed E-state index contributed by atoms with van der Waals surface area (Å²) >= 11 is 0. The number of aromatic hydroxyl groups is 1. The maximum absolute atomic E-state index is 12.2. The van der Waals surface area contributed by atoms with Gasteiger partial charge in [-0.15, -0.1) is 0 Å². The fourth-order valence-electron chi connectivity index (χ4n) is 7.95. The van der Waals surface area contributed by atoms with Crippen molar-refractivity contribution in [3.05, 3.63) is 167 Å². The zero-order valence-corrected chi connectivity index (χ0v) is 35.2. The minimum absolute atomic E-state index is 0.124. The molecule has 2 heterocycles. The number of hydrogen-bond acceptors (Lipinski definition) is 3. The Morgan fingerprint density at radius 2 is 1.29 bits per heavy atom. The van der Waals surface area contributed by atoms with E-state index in [2.05, 4.69) is 200 Å². The van der Waals surface area contributed by atoms with Gasteiger partial charge in [-0.25, -0.2) is 4.98 Å². The van der Waals surface area contributed by atoms with Crippen molar-refractivity contribution in [2.75, 3.05) is 0 Å². The summed E-state index contributed by atoms with van der Waals surface area (Å²) in [6.07, 6.45) is 1.91. The first-order valence-corrected chi connectivity index (χ1v) is 20.5. The van der Waals surface area contributed by atoms with Crippen LogP contribution in [0.25, 0.3) is 72.7 Å². The van der Waals surface area contributed by atoms with Crippen LogP contribution in [-0.4, -0.2) is 19.6 Å². The molecular formula is C54H53N3O. The van der Waals surface area contributed by atoms with Crippen LogP contribution in [0.2, 0.25) is 0 Å². The highest BCUT2D eigenvalue weighted by Crippen LogP contribution is 2.44. The van der Waals surface area contributed by atoms with Crippen molar-refractivity contribution in [3.63, 3.8) is 0 Å². The SMILES string of the molecule is Cc1ccc(-c2ccnc(-c3cc(-c4cccc5c4nc(-c4cc(C(C)C)cc(C(C)C)c4O)n5-c4ccc(C)cc4-c4ccccc4)cc(C(C)(C)C)c3)c2)cc1. The number of imidazole rings is 1. The highest BCUT2D eigenvalue weighted by molar-refractivity contribution is 5.98. The molecule has 0 aliphatic rings. The molecule has 58 heavy (non-hydrogen) atoms. The molecule has 8 rings (SSSR count). The van der Waals surface area contributed by atoms with E-state index in [1.807, 2.05) is 6.20 Å². The van der Waals surface area contributed by atoms with Crippen molar-refractivity contribution < 1.29 is 5.11 Å². The third-order valence-electron chi connectivity index (χ3n) is 11.4. The number of fused-ring (bicyclic) bond motifs is 1. The lowest BCUT2D eigenvalue weighted by molar-refractivity contribution is 0.466. The van der Waals surface area contributed by atoms with Crippen LogP contribution >= 0.6 is 0 Å². The predicted molar refractivity (Wildman–Crippen MR) is 244 cm³/mol. The van der Waals surface area contributed by atoms with Crippen LogP contribution in [0.15, 0.2) is 140 Å². The molecule has 0 spiro atoms. The van der Waals surface area contributed by atoms with Crippen molar-refractivity contribution in [1.82, 2.24) is 14.5 Å². The van der Waals surface area contributed by atoms with Gasteiger partial charge in [0.15, 0.2) is 0 Å². The number of aromatic nitrogens is 3. The summed E-state index contributed by atoms with van der Waals surface area (Å²) in [4.78, 5) is 10.5. The number of phenolic OH excluding ortho intramolecular Hbond substituents is 1. The molecule has 0 unspecified atom stereocenters. The van der Waals surface area contributed by atoms with E-state index in [4.69, 9.17) is 9.97 Å². The molecular weight excluding hydrogens is 707 g/mol. The third-order valence-corrected chi connectivity index (χ3v) is 11.4. The van der Waals surface area contributed by atoms with E-state index in [1.165, 1.54) is 27.8 Å². The first-order valence-electron chi connectivity index (χ1n) is 20.5. The minimum atomic E-state index is -0.124. The highest BCUT2D eigenvalue weighted by atomic mass is 16.3. The van der Waals surface area contributed by atoms with Gasteiger partial charge in [0.05, 0.1) is 28.0 Å². The monoisotopic (exact) mass is 759 g/mol. The molecule has 0 saturated heterocycles. The second kappa shape index (κ2) is 15.2. The Labute approximate surface area is 343 Å². The molecule has 0 amide bonds. The molecule has 290 valence electrons. The smallest absolute Gasteiger partial charge is 0.149 e. The van der Waals surface area contributed by atoms with Gasteiger partial charge in [-0.3, -0.25) is 9.55 Å². The maximum Gasteiger partial charge on any atom is 0.149 e. The standard InChI is InChI=1S/C54H53N3O/c1-33(2)40-30-45(34(3)4)52(58)47(31-40)53-56-51-44(16-13-17-50(51)57(53)49-23-20-36(6)26-46(49)38-14-11-10-12-15-38)41-27-42(29-43(28-41)54(7,8)9)48-32-39(24-25-55-48)37-21-18-35(5)19-22-37/h10-34,58H,1-9H3. The normalized spacial score (nSPS) is 11.9. The average molecular weight is 760 g/mol. The van der Waals surface area contributed by atoms with Crippen LogP contribution in [0.1, 0.15) is 88.1 Å². The number of benzene rings is 6. The van der Waals surface area contributed by atoms with Gasteiger partial charge in [-0.1, -0.05) is 145 Å². The Kier molecular flexibility index (Phi) is 10.1. The number of phenols is 1. The van der Waals surface area contributed by atoms with Crippen LogP contribution in [0, 0.1) is 13.8 Å². The van der Waals surface area contributed by atoms with Crippen molar-refractivity contribution in [2.24, 2.45) is 0 Å². The fraction of sp³-hybridized carbons (Fsp3) is 0.222. The average Bonchev–Trinajstić information content (AvgIpc) is 3.60. The zero-order valence-electron chi connectivity index (χ0n) is 35.2. The summed E-state index contributed by atoms with van der Waals surface area (Å²) in [5.74, 6) is 1.38. The molecule has 4 heteroatoms. The summed E-state index contributed by atoms with van der Waals surface area (Å²) in [5, 5.41) is 12.2.